The molecule has 2 nitrogen and oxygen atoms in total. The molecule has 20 heavy (non-hydrogen) atoms. The molecule has 0 aliphatic heterocycles. The molecule has 0 saturated heterocycles. The lowest BCUT2D eigenvalue weighted by Gasteiger charge is -2.21. The summed E-state index contributed by atoms with van der Waals surface area (Å²) in [6.07, 6.45) is 0. The van der Waals surface area contributed by atoms with E-state index in [4.69, 9.17) is 21.8 Å². The highest BCUT2D eigenvalue weighted by atomic mass is 35.5. The molecule has 0 saturated carbocycles. The van der Waals surface area contributed by atoms with Gasteiger partial charge in [-0.2, -0.15) is 0 Å². The molecule has 0 radical (unpaired) electrons. The first kappa shape index (κ1) is 13.2. The van der Waals surface area contributed by atoms with Crippen molar-refractivity contribution in [3.05, 3.63) is 70.9 Å². The highest BCUT2D eigenvalue weighted by molar-refractivity contribution is 6.34. The first-order valence-electron chi connectivity index (χ1n) is 6.28. The Balaban J connectivity index is 2.19. The first-order chi connectivity index (χ1) is 9.65. The summed E-state index contributed by atoms with van der Waals surface area (Å²) in [5.41, 5.74) is 4.76. The van der Waals surface area contributed by atoms with Gasteiger partial charge in [0.05, 0.1) is 5.02 Å². The molecule has 0 fully saturated rings. The molecule has 0 spiro atoms. The summed E-state index contributed by atoms with van der Waals surface area (Å²) < 4.78 is 20.9. The summed E-state index contributed by atoms with van der Waals surface area (Å²) in [6.45, 7) is -0.200. The number of hydrogen-bond donors (Lipinski definition) is 1. The van der Waals surface area contributed by atoms with Crippen LogP contribution in [0, 0.1) is 0 Å². The Morgan fingerprint density at radius 3 is 2.50 bits per heavy atom. The molecule has 102 valence electrons. The zero-order valence-electron chi connectivity index (χ0n) is 10.6. The molecule has 0 aliphatic carbocycles. The van der Waals surface area contributed by atoms with E-state index in [2.05, 4.69) is 0 Å². The normalized spacial score (nSPS) is 14.3. The maximum Gasteiger partial charge on any atom is 0.205 e. The number of benzene rings is 2. The van der Waals surface area contributed by atoms with Gasteiger partial charge >= 0.3 is 0 Å². The maximum atomic E-state index is 15.3. The van der Waals surface area contributed by atoms with Crippen molar-refractivity contribution in [3.8, 4) is 0 Å². The predicted molar refractivity (Wildman–Crippen MR) is 78.6 cm³/mol. The SMILES string of the molecule is NCC(F)(c1ccccc1)c1cc2cccc(Cl)c2o1. The van der Waals surface area contributed by atoms with Gasteiger partial charge in [0.25, 0.3) is 0 Å². The Bertz CT molecular complexity index is 741. The van der Waals surface area contributed by atoms with Gasteiger partial charge in [-0.15, -0.1) is 0 Å². The summed E-state index contributed by atoms with van der Waals surface area (Å²) >= 11 is 6.06. The molecule has 1 heterocycles. The minimum absolute atomic E-state index is 0.175. The minimum atomic E-state index is -1.86. The van der Waals surface area contributed by atoms with Gasteiger partial charge < -0.3 is 10.2 Å². The number of furan rings is 1. The largest absolute Gasteiger partial charge is 0.456 e. The maximum absolute atomic E-state index is 15.3. The molecule has 3 rings (SSSR count). The zero-order chi connectivity index (χ0) is 14.2. The lowest BCUT2D eigenvalue weighted by atomic mass is 9.93. The number of para-hydroxylation sites is 1. The number of alkyl halides is 1. The number of fused-ring (bicyclic) bond motifs is 1. The van der Waals surface area contributed by atoms with Gasteiger partial charge in [0.1, 0.15) is 5.76 Å². The average molecular weight is 290 g/mol. The van der Waals surface area contributed by atoms with Crippen LogP contribution in [0.25, 0.3) is 11.0 Å². The predicted octanol–water partition coefficient (Wildman–Crippen LogP) is 4.26. The Labute approximate surface area is 121 Å². The third-order valence-corrected chi connectivity index (χ3v) is 3.70. The van der Waals surface area contributed by atoms with Crippen molar-refractivity contribution in [2.45, 2.75) is 5.67 Å². The van der Waals surface area contributed by atoms with Crippen LogP contribution in [0.5, 0.6) is 0 Å². The second-order valence-electron chi connectivity index (χ2n) is 4.64. The van der Waals surface area contributed by atoms with E-state index in [1.807, 2.05) is 12.1 Å². The average Bonchev–Trinajstić information content (AvgIpc) is 2.93. The van der Waals surface area contributed by atoms with Gasteiger partial charge in [-0.1, -0.05) is 54.1 Å². The lowest BCUT2D eigenvalue weighted by molar-refractivity contribution is 0.194. The van der Waals surface area contributed by atoms with Crippen LogP contribution in [0.2, 0.25) is 5.02 Å². The van der Waals surface area contributed by atoms with Crippen LogP contribution in [0.15, 0.2) is 59.0 Å². The van der Waals surface area contributed by atoms with Crippen molar-refractivity contribution in [1.82, 2.24) is 0 Å². The van der Waals surface area contributed by atoms with Crippen molar-refractivity contribution < 1.29 is 8.81 Å². The first-order valence-corrected chi connectivity index (χ1v) is 6.66. The van der Waals surface area contributed by atoms with E-state index < -0.39 is 5.67 Å². The molecule has 1 atom stereocenters. The number of rotatable bonds is 3. The molecule has 3 aromatic rings. The smallest absolute Gasteiger partial charge is 0.205 e. The van der Waals surface area contributed by atoms with Crippen molar-refractivity contribution in [2.24, 2.45) is 5.73 Å². The Morgan fingerprint density at radius 1 is 1.10 bits per heavy atom. The molecule has 4 heteroatoms. The molecule has 2 aromatic carbocycles. The molecular formula is C16H13ClFNO. The zero-order valence-corrected chi connectivity index (χ0v) is 11.4. The quantitative estimate of drug-likeness (QED) is 0.782. The van der Waals surface area contributed by atoms with E-state index >= 15 is 4.39 Å². The number of halogens is 2. The summed E-state index contributed by atoms with van der Waals surface area (Å²) in [5.74, 6) is 0.175. The van der Waals surface area contributed by atoms with E-state index in [1.54, 1.807) is 42.5 Å². The van der Waals surface area contributed by atoms with E-state index in [1.165, 1.54) is 0 Å². The van der Waals surface area contributed by atoms with E-state index in [9.17, 15) is 0 Å². The van der Waals surface area contributed by atoms with Gasteiger partial charge in [0.15, 0.2) is 5.58 Å². The molecule has 0 amide bonds. The Kier molecular flexibility index (Phi) is 3.24. The summed E-state index contributed by atoms with van der Waals surface area (Å²) in [6, 6.07) is 15.8. The minimum Gasteiger partial charge on any atom is -0.456 e. The molecule has 0 aliphatic rings. The third kappa shape index (κ3) is 1.99. The fourth-order valence-corrected chi connectivity index (χ4v) is 2.51. The number of nitrogens with two attached hydrogens (primary N) is 1. The lowest BCUT2D eigenvalue weighted by Crippen LogP contribution is -2.31. The van der Waals surface area contributed by atoms with Crippen LogP contribution in [-0.2, 0) is 5.67 Å². The third-order valence-electron chi connectivity index (χ3n) is 3.40. The van der Waals surface area contributed by atoms with Gasteiger partial charge in [0.2, 0.25) is 5.67 Å². The van der Waals surface area contributed by atoms with Crippen molar-refractivity contribution in [1.29, 1.82) is 0 Å². The topological polar surface area (TPSA) is 39.2 Å². The van der Waals surface area contributed by atoms with E-state index in [0.29, 0.717) is 16.2 Å². The molecule has 1 aromatic heterocycles. The van der Waals surface area contributed by atoms with Gasteiger partial charge in [0, 0.05) is 11.9 Å². The van der Waals surface area contributed by atoms with Crippen LogP contribution in [0.4, 0.5) is 4.39 Å². The second kappa shape index (κ2) is 4.93. The van der Waals surface area contributed by atoms with Gasteiger partial charge in [-0.3, -0.25) is 0 Å². The van der Waals surface area contributed by atoms with Crippen molar-refractivity contribution in [2.75, 3.05) is 6.54 Å². The Morgan fingerprint density at radius 2 is 1.85 bits per heavy atom. The summed E-state index contributed by atoms with van der Waals surface area (Å²) in [5, 5.41) is 1.22. The fourth-order valence-electron chi connectivity index (χ4n) is 2.29. The standard InChI is InChI=1S/C16H13ClFNO/c17-13-8-4-5-11-9-14(20-15(11)13)16(18,10-19)12-6-2-1-3-7-12/h1-9H,10,19H2. The van der Waals surface area contributed by atoms with Crippen LogP contribution < -0.4 is 5.73 Å². The molecular weight excluding hydrogens is 277 g/mol. The van der Waals surface area contributed by atoms with Crippen LogP contribution in [0.3, 0.4) is 0 Å². The monoisotopic (exact) mass is 289 g/mol. The highest BCUT2D eigenvalue weighted by Crippen LogP contribution is 2.38. The van der Waals surface area contributed by atoms with Crippen LogP contribution in [-0.4, -0.2) is 6.54 Å². The fraction of sp³-hybridized carbons (Fsp3) is 0.125. The summed E-state index contributed by atoms with van der Waals surface area (Å²) in [7, 11) is 0. The van der Waals surface area contributed by atoms with Gasteiger partial charge in [-0.25, -0.2) is 4.39 Å². The number of hydrogen-bond acceptors (Lipinski definition) is 2. The second-order valence-corrected chi connectivity index (χ2v) is 5.05. The van der Waals surface area contributed by atoms with Crippen molar-refractivity contribution in [3.63, 3.8) is 0 Å². The highest BCUT2D eigenvalue weighted by Gasteiger charge is 2.36. The molecule has 1 unspecified atom stereocenters. The summed E-state index contributed by atoms with van der Waals surface area (Å²) in [4.78, 5) is 0. The molecule has 2 N–H and O–H groups in total. The van der Waals surface area contributed by atoms with Crippen LogP contribution in [0.1, 0.15) is 11.3 Å². The van der Waals surface area contributed by atoms with E-state index in [-0.39, 0.29) is 12.3 Å². The van der Waals surface area contributed by atoms with Crippen LogP contribution >= 0.6 is 11.6 Å². The van der Waals surface area contributed by atoms with E-state index in [0.717, 1.165) is 5.39 Å². The van der Waals surface area contributed by atoms with Crippen molar-refractivity contribution >= 4 is 22.6 Å². The van der Waals surface area contributed by atoms with Gasteiger partial charge in [-0.05, 0) is 17.7 Å². The molecule has 0 bridgehead atoms. The Hall–Kier alpha value is -1.84.